The molecule has 1 rings (SSSR count). The van der Waals surface area contributed by atoms with Gasteiger partial charge in [0.1, 0.15) is 0 Å². The van der Waals surface area contributed by atoms with Crippen molar-refractivity contribution < 1.29 is 9.59 Å². The van der Waals surface area contributed by atoms with Crippen LogP contribution in [0.5, 0.6) is 0 Å². The van der Waals surface area contributed by atoms with Crippen LogP contribution >= 0.6 is 23.4 Å². The molecule has 0 amide bonds. The number of Topliss-reactive ketones (excluding diaryl/α,β-unsaturated/α-hetero) is 1. The Kier molecular flexibility index (Phi) is 3.94. The normalized spacial score (nSPS) is 14.3. The zero-order valence-electron chi connectivity index (χ0n) is 8.49. The van der Waals surface area contributed by atoms with Gasteiger partial charge in [0, 0.05) is 5.56 Å². The van der Waals surface area contributed by atoms with E-state index in [1.54, 1.807) is 24.3 Å². The molecule has 1 aromatic rings. The van der Waals surface area contributed by atoms with Crippen molar-refractivity contribution in [2.24, 2.45) is 0 Å². The fourth-order valence-electron chi connectivity index (χ4n) is 0.879. The van der Waals surface area contributed by atoms with Crippen molar-refractivity contribution in [3.8, 4) is 0 Å². The molecule has 0 N–H and O–H groups in total. The Morgan fingerprint density at radius 1 is 1.27 bits per heavy atom. The second-order valence-electron chi connectivity index (χ2n) is 3.23. The lowest BCUT2D eigenvalue weighted by Crippen LogP contribution is -2.23. The van der Waals surface area contributed by atoms with Gasteiger partial charge in [-0.05, 0) is 13.8 Å². The second kappa shape index (κ2) is 4.81. The lowest BCUT2D eigenvalue weighted by atomic mass is 10.2. The van der Waals surface area contributed by atoms with Crippen LogP contribution in [0.2, 0.25) is 0 Å². The van der Waals surface area contributed by atoms with E-state index < -0.39 is 4.21 Å². The van der Waals surface area contributed by atoms with Gasteiger partial charge in [-0.2, -0.15) is 0 Å². The highest BCUT2D eigenvalue weighted by Gasteiger charge is 2.31. The van der Waals surface area contributed by atoms with Gasteiger partial charge in [0.15, 0.2) is 9.99 Å². The van der Waals surface area contributed by atoms with Crippen molar-refractivity contribution in [1.82, 2.24) is 0 Å². The van der Waals surface area contributed by atoms with Crippen LogP contribution in [0, 0.1) is 0 Å². The summed E-state index contributed by atoms with van der Waals surface area (Å²) in [5.74, 6) is -0.224. The first-order valence-corrected chi connectivity index (χ1v) is 5.61. The summed E-state index contributed by atoms with van der Waals surface area (Å²) in [5, 5.41) is -0.191. The Morgan fingerprint density at radius 3 is 2.27 bits per heavy atom. The van der Waals surface area contributed by atoms with Gasteiger partial charge in [-0.1, -0.05) is 53.7 Å². The van der Waals surface area contributed by atoms with Crippen LogP contribution in [0.25, 0.3) is 0 Å². The molecule has 1 atom stereocenters. The molecule has 0 unspecified atom stereocenters. The molecule has 0 aliphatic rings. The van der Waals surface area contributed by atoms with Crippen molar-refractivity contribution in [3.63, 3.8) is 0 Å². The molecule has 2 nitrogen and oxygen atoms in total. The molecule has 0 radical (unpaired) electrons. The first kappa shape index (κ1) is 12.3. The monoisotopic (exact) mass is 242 g/mol. The molecule has 80 valence electrons. The molecular weight excluding hydrogens is 232 g/mol. The van der Waals surface area contributed by atoms with Crippen LogP contribution < -0.4 is 0 Å². The van der Waals surface area contributed by atoms with Gasteiger partial charge in [-0.25, -0.2) is 0 Å². The maximum Gasteiger partial charge on any atom is 0.221 e. The van der Waals surface area contributed by atoms with E-state index in [0.29, 0.717) is 5.56 Å². The SMILES string of the molecule is CC(=O)[C@](C)(Cl)SC(=O)c1ccccc1. The van der Waals surface area contributed by atoms with Crippen LogP contribution in [0.1, 0.15) is 24.2 Å². The summed E-state index contributed by atoms with van der Waals surface area (Å²) in [5.41, 5.74) is 0.552. The van der Waals surface area contributed by atoms with Crippen molar-refractivity contribution >= 4 is 34.3 Å². The average Bonchev–Trinajstić information content (AvgIpc) is 2.18. The number of rotatable bonds is 3. The van der Waals surface area contributed by atoms with Crippen LogP contribution in [0.4, 0.5) is 0 Å². The van der Waals surface area contributed by atoms with Crippen molar-refractivity contribution in [3.05, 3.63) is 35.9 Å². The van der Waals surface area contributed by atoms with E-state index in [1.165, 1.54) is 13.8 Å². The minimum atomic E-state index is -1.17. The summed E-state index contributed by atoms with van der Waals surface area (Å²) >= 11 is 6.75. The first-order valence-electron chi connectivity index (χ1n) is 4.42. The molecule has 1 aromatic carbocycles. The van der Waals surface area contributed by atoms with E-state index in [0.717, 1.165) is 11.8 Å². The van der Waals surface area contributed by atoms with E-state index in [9.17, 15) is 9.59 Å². The first-order chi connectivity index (χ1) is 6.93. The largest absolute Gasteiger partial charge is 0.297 e. The number of ketones is 1. The summed E-state index contributed by atoms with van der Waals surface area (Å²) in [6, 6.07) is 8.76. The minimum Gasteiger partial charge on any atom is -0.297 e. The summed E-state index contributed by atoms with van der Waals surface area (Å²) in [7, 11) is 0. The highest BCUT2D eigenvalue weighted by atomic mass is 35.5. The lowest BCUT2D eigenvalue weighted by molar-refractivity contribution is -0.117. The molecule has 0 fully saturated rings. The summed E-state index contributed by atoms with van der Waals surface area (Å²) in [4.78, 5) is 22.8. The minimum absolute atomic E-state index is 0.191. The van der Waals surface area contributed by atoms with Gasteiger partial charge in [-0.3, -0.25) is 9.59 Å². The number of carbonyl (C=O) groups excluding carboxylic acids is 2. The van der Waals surface area contributed by atoms with Crippen molar-refractivity contribution in [2.75, 3.05) is 0 Å². The molecule has 0 bridgehead atoms. The topological polar surface area (TPSA) is 34.1 Å². The number of benzene rings is 1. The second-order valence-corrected chi connectivity index (χ2v) is 5.60. The van der Waals surface area contributed by atoms with Crippen molar-refractivity contribution in [2.45, 2.75) is 18.1 Å². The summed E-state index contributed by atoms with van der Waals surface area (Å²) < 4.78 is -1.17. The third-order valence-electron chi connectivity index (χ3n) is 1.92. The molecule has 4 heteroatoms. The quantitative estimate of drug-likeness (QED) is 0.764. The highest BCUT2D eigenvalue weighted by Crippen LogP contribution is 2.33. The number of hydrogen-bond donors (Lipinski definition) is 0. The predicted octanol–water partition coefficient (Wildman–Crippen LogP) is 3.10. The molecule has 0 aliphatic carbocycles. The highest BCUT2D eigenvalue weighted by molar-refractivity contribution is 8.16. The number of hydrogen-bond acceptors (Lipinski definition) is 3. The molecule has 0 saturated heterocycles. The van der Waals surface area contributed by atoms with Gasteiger partial charge in [0.2, 0.25) is 5.12 Å². The Balaban J connectivity index is 2.77. The number of thioether (sulfide) groups is 1. The van der Waals surface area contributed by atoms with Gasteiger partial charge >= 0.3 is 0 Å². The lowest BCUT2D eigenvalue weighted by Gasteiger charge is -2.16. The number of carbonyl (C=O) groups is 2. The van der Waals surface area contributed by atoms with Crippen LogP contribution in [-0.2, 0) is 4.79 Å². The fraction of sp³-hybridized carbons (Fsp3) is 0.273. The van der Waals surface area contributed by atoms with Crippen LogP contribution in [-0.4, -0.2) is 15.1 Å². The van der Waals surface area contributed by atoms with E-state index in [1.807, 2.05) is 6.07 Å². The van der Waals surface area contributed by atoms with Crippen LogP contribution in [0.15, 0.2) is 30.3 Å². The maximum absolute atomic E-state index is 11.7. The average molecular weight is 243 g/mol. The van der Waals surface area contributed by atoms with E-state index in [-0.39, 0.29) is 10.9 Å². The standard InChI is InChI=1S/C11H11ClO2S/c1-8(13)11(2,12)15-10(14)9-6-4-3-5-7-9/h3-7H,1-2H3/t11-/m1/s1. The number of alkyl halides is 1. The van der Waals surface area contributed by atoms with Crippen LogP contribution in [0.3, 0.4) is 0 Å². The fourth-order valence-corrected chi connectivity index (χ4v) is 1.84. The zero-order chi connectivity index (χ0) is 11.5. The molecule has 0 aliphatic heterocycles. The van der Waals surface area contributed by atoms with Gasteiger partial charge < -0.3 is 0 Å². The zero-order valence-corrected chi connectivity index (χ0v) is 10.1. The molecule has 0 aromatic heterocycles. The molecule has 0 spiro atoms. The number of halogens is 1. The molecule has 0 saturated carbocycles. The third-order valence-corrected chi connectivity index (χ3v) is 3.51. The third kappa shape index (κ3) is 3.36. The van der Waals surface area contributed by atoms with Gasteiger partial charge in [0.25, 0.3) is 0 Å². The van der Waals surface area contributed by atoms with Gasteiger partial charge in [-0.15, -0.1) is 0 Å². The maximum atomic E-state index is 11.7. The molecule has 15 heavy (non-hydrogen) atoms. The molecule has 0 heterocycles. The Labute approximate surface area is 98.0 Å². The Morgan fingerprint density at radius 2 is 1.80 bits per heavy atom. The van der Waals surface area contributed by atoms with E-state index >= 15 is 0 Å². The van der Waals surface area contributed by atoms with E-state index in [2.05, 4.69) is 0 Å². The Hall–Kier alpha value is -0.800. The van der Waals surface area contributed by atoms with E-state index in [4.69, 9.17) is 11.6 Å². The summed E-state index contributed by atoms with van der Waals surface area (Å²) in [6.07, 6.45) is 0. The Bertz CT molecular complexity index is 373. The molecular formula is C11H11ClO2S. The van der Waals surface area contributed by atoms with Crippen molar-refractivity contribution in [1.29, 1.82) is 0 Å². The van der Waals surface area contributed by atoms with Gasteiger partial charge in [0.05, 0.1) is 0 Å². The predicted molar refractivity (Wildman–Crippen MR) is 63.3 cm³/mol. The summed E-state index contributed by atoms with van der Waals surface area (Å²) in [6.45, 7) is 2.90. The smallest absolute Gasteiger partial charge is 0.221 e.